The van der Waals surface area contributed by atoms with E-state index in [0.29, 0.717) is 12.1 Å². The van der Waals surface area contributed by atoms with E-state index in [2.05, 4.69) is 60.4 Å². The van der Waals surface area contributed by atoms with Crippen molar-refractivity contribution >= 4 is 11.8 Å². The minimum absolute atomic E-state index is 0.0134. The highest BCUT2D eigenvalue weighted by atomic mass is 16.3. The fraction of sp³-hybridized carbons (Fsp3) is 0.269. The largest absolute Gasteiger partial charge is 0.394 e. The lowest BCUT2D eigenvalue weighted by Crippen LogP contribution is -2.73. The van der Waals surface area contributed by atoms with Crippen LogP contribution in [-0.2, 0) is 4.79 Å². The Labute approximate surface area is 187 Å². The molecule has 6 heteroatoms. The zero-order valence-corrected chi connectivity index (χ0v) is 17.9. The van der Waals surface area contributed by atoms with Crippen LogP contribution in [0.3, 0.4) is 0 Å². The third kappa shape index (κ3) is 3.46. The summed E-state index contributed by atoms with van der Waals surface area (Å²) in [5.41, 5.74) is 5.05. The maximum atomic E-state index is 12.9. The first-order valence-corrected chi connectivity index (χ1v) is 10.8. The van der Waals surface area contributed by atoms with Crippen molar-refractivity contribution in [1.29, 1.82) is 0 Å². The molecule has 3 aromatic rings. The monoisotopic (exact) mass is 427 g/mol. The fourth-order valence-electron chi connectivity index (χ4n) is 4.97. The molecule has 2 amide bonds. The number of hydrogen-bond donors (Lipinski definition) is 1. The van der Waals surface area contributed by atoms with Crippen molar-refractivity contribution in [3.8, 4) is 11.1 Å². The Balaban J connectivity index is 1.38. The quantitative estimate of drug-likeness (QED) is 0.695. The number of carbonyl (C=O) groups is 2. The molecule has 0 radical (unpaired) electrons. The zero-order chi connectivity index (χ0) is 22.2. The van der Waals surface area contributed by atoms with E-state index in [0.717, 1.165) is 16.7 Å². The second-order valence-corrected chi connectivity index (χ2v) is 8.56. The topological polar surface area (TPSA) is 73.7 Å². The molecule has 0 bridgehead atoms. The summed E-state index contributed by atoms with van der Waals surface area (Å²) in [6, 6.07) is 19.7. The Morgan fingerprint density at radius 1 is 1.06 bits per heavy atom. The van der Waals surface area contributed by atoms with Gasteiger partial charge >= 0.3 is 0 Å². The number of nitrogens with zero attached hydrogens (tertiary/aromatic N) is 3. The fourth-order valence-corrected chi connectivity index (χ4v) is 4.97. The maximum Gasteiger partial charge on any atom is 0.255 e. The molecule has 3 atom stereocenters. The lowest BCUT2D eigenvalue weighted by Gasteiger charge is -2.58. The molecule has 2 aliphatic rings. The second kappa shape index (κ2) is 8.20. The van der Waals surface area contributed by atoms with Crippen molar-refractivity contribution in [3.05, 3.63) is 89.7 Å². The van der Waals surface area contributed by atoms with E-state index < -0.39 is 0 Å². The normalized spacial score (nSPS) is 22.3. The molecule has 0 unspecified atom stereocenters. The molecule has 32 heavy (non-hydrogen) atoms. The molecule has 0 spiro atoms. The summed E-state index contributed by atoms with van der Waals surface area (Å²) < 4.78 is 0. The number of benzene rings is 2. The third-order valence-corrected chi connectivity index (χ3v) is 6.63. The van der Waals surface area contributed by atoms with Crippen LogP contribution >= 0.6 is 0 Å². The van der Waals surface area contributed by atoms with E-state index in [1.807, 2.05) is 0 Å². The van der Waals surface area contributed by atoms with Crippen molar-refractivity contribution < 1.29 is 14.7 Å². The van der Waals surface area contributed by atoms with Gasteiger partial charge in [0.15, 0.2) is 0 Å². The summed E-state index contributed by atoms with van der Waals surface area (Å²) in [4.78, 5) is 33.1. The number of carbonyl (C=O) groups excluding carboxylic acids is 2. The van der Waals surface area contributed by atoms with Crippen LogP contribution in [0.5, 0.6) is 0 Å². The highest BCUT2D eigenvalue weighted by Crippen LogP contribution is 2.43. The number of piperazine rings is 1. The summed E-state index contributed by atoms with van der Waals surface area (Å²) in [5, 5.41) is 10.0. The average molecular weight is 428 g/mol. The lowest BCUT2D eigenvalue weighted by atomic mass is 9.73. The van der Waals surface area contributed by atoms with Crippen LogP contribution in [0.1, 0.15) is 27.4 Å². The van der Waals surface area contributed by atoms with Gasteiger partial charge < -0.3 is 14.9 Å². The van der Waals surface area contributed by atoms with Gasteiger partial charge in [-0.05, 0) is 35.7 Å². The number of aromatic nitrogens is 1. The number of pyridine rings is 1. The van der Waals surface area contributed by atoms with Gasteiger partial charge in [-0.3, -0.25) is 14.6 Å². The number of aryl methyl sites for hydroxylation is 1. The zero-order valence-electron chi connectivity index (χ0n) is 17.9. The van der Waals surface area contributed by atoms with E-state index in [4.69, 9.17) is 0 Å². The molecule has 2 aromatic carbocycles. The Hall–Kier alpha value is -3.51. The number of hydrogen-bond acceptors (Lipinski definition) is 4. The van der Waals surface area contributed by atoms with Crippen molar-refractivity contribution in [2.45, 2.75) is 24.9 Å². The van der Waals surface area contributed by atoms with Gasteiger partial charge in [0.2, 0.25) is 5.91 Å². The van der Waals surface area contributed by atoms with Crippen LogP contribution < -0.4 is 0 Å². The van der Waals surface area contributed by atoms with Gasteiger partial charge in [-0.15, -0.1) is 0 Å². The number of aliphatic hydroxyl groups excluding tert-OH is 1. The van der Waals surface area contributed by atoms with Crippen molar-refractivity contribution in [3.63, 3.8) is 0 Å². The summed E-state index contributed by atoms with van der Waals surface area (Å²) >= 11 is 0. The summed E-state index contributed by atoms with van der Waals surface area (Å²) in [6.07, 6.45) is 3.14. The SMILES string of the molecule is Cc1ccc(-c2ccc([C@H]3[C@@H](CO)N4C(=O)CN(C(=O)c5cccnc5)C[C@@H]34)cc2)cc1. The van der Waals surface area contributed by atoms with E-state index in [9.17, 15) is 14.7 Å². The average Bonchev–Trinajstić information content (AvgIpc) is 2.81. The number of amides is 2. The smallest absolute Gasteiger partial charge is 0.255 e. The first kappa shape index (κ1) is 20.4. The molecule has 2 aliphatic heterocycles. The van der Waals surface area contributed by atoms with Gasteiger partial charge in [0.1, 0.15) is 6.54 Å². The molecule has 0 aliphatic carbocycles. The van der Waals surface area contributed by atoms with Gasteiger partial charge in [-0.1, -0.05) is 54.1 Å². The minimum Gasteiger partial charge on any atom is -0.394 e. The van der Waals surface area contributed by atoms with Crippen molar-refractivity contribution in [2.24, 2.45) is 0 Å². The highest BCUT2D eigenvalue weighted by molar-refractivity contribution is 5.97. The van der Waals surface area contributed by atoms with Crippen LogP contribution in [0.15, 0.2) is 73.1 Å². The molecule has 1 aromatic heterocycles. The number of fused-ring (bicyclic) bond motifs is 1. The van der Waals surface area contributed by atoms with Gasteiger partial charge in [-0.2, -0.15) is 0 Å². The van der Waals surface area contributed by atoms with Crippen LogP contribution in [0.4, 0.5) is 0 Å². The molecule has 5 rings (SSSR count). The summed E-state index contributed by atoms with van der Waals surface area (Å²) in [7, 11) is 0. The van der Waals surface area contributed by atoms with Gasteiger partial charge in [0, 0.05) is 24.9 Å². The standard InChI is InChI=1S/C26H25N3O3/c1-17-4-6-18(7-5-17)19-8-10-20(11-9-19)25-22-14-28(15-24(31)29(22)23(25)16-30)26(32)21-3-2-12-27-13-21/h2-13,22-23,25,30H,14-16H2,1H3/t22-,23+,25+/m0/s1. The second-order valence-electron chi connectivity index (χ2n) is 8.56. The molecule has 3 heterocycles. The minimum atomic E-state index is -0.256. The number of aliphatic hydroxyl groups is 1. The van der Waals surface area contributed by atoms with Crippen LogP contribution in [0.2, 0.25) is 0 Å². The predicted molar refractivity (Wildman–Crippen MR) is 121 cm³/mol. The number of rotatable bonds is 4. The van der Waals surface area contributed by atoms with Crippen LogP contribution in [-0.4, -0.2) is 63.5 Å². The molecule has 2 saturated heterocycles. The van der Waals surface area contributed by atoms with Crippen LogP contribution in [0, 0.1) is 6.92 Å². The molecule has 2 fully saturated rings. The van der Waals surface area contributed by atoms with E-state index in [-0.39, 0.29) is 43.0 Å². The molecule has 162 valence electrons. The van der Waals surface area contributed by atoms with Crippen molar-refractivity contribution in [1.82, 2.24) is 14.8 Å². The molecule has 0 saturated carbocycles. The Morgan fingerprint density at radius 3 is 2.38 bits per heavy atom. The Kier molecular flexibility index (Phi) is 5.23. The Morgan fingerprint density at radius 2 is 1.75 bits per heavy atom. The van der Waals surface area contributed by atoms with Crippen molar-refractivity contribution in [2.75, 3.05) is 19.7 Å². The molecule has 1 N–H and O–H groups in total. The summed E-state index contributed by atoms with van der Waals surface area (Å²) in [5.74, 6) is -0.322. The highest BCUT2D eigenvalue weighted by Gasteiger charge is 2.54. The van der Waals surface area contributed by atoms with Gasteiger partial charge in [0.05, 0.1) is 24.3 Å². The third-order valence-electron chi connectivity index (χ3n) is 6.63. The first-order chi connectivity index (χ1) is 15.6. The Bertz CT molecular complexity index is 1130. The van der Waals surface area contributed by atoms with E-state index in [1.54, 1.807) is 28.1 Å². The predicted octanol–water partition coefficient (Wildman–Crippen LogP) is 2.87. The maximum absolute atomic E-state index is 12.9. The summed E-state index contributed by atoms with van der Waals surface area (Å²) in [6.45, 7) is 2.45. The van der Waals surface area contributed by atoms with Crippen LogP contribution in [0.25, 0.3) is 11.1 Å². The van der Waals surface area contributed by atoms with E-state index >= 15 is 0 Å². The van der Waals surface area contributed by atoms with Gasteiger partial charge in [0.25, 0.3) is 5.91 Å². The van der Waals surface area contributed by atoms with E-state index in [1.165, 1.54) is 11.8 Å². The van der Waals surface area contributed by atoms with Gasteiger partial charge in [-0.25, -0.2) is 0 Å². The lowest BCUT2D eigenvalue weighted by molar-refractivity contribution is -0.159. The first-order valence-electron chi connectivity index (χ1n) is 10.8. The molecule has 6 nitrogen and oxygen atoms in total. The molecular formula is C26H25N3O3. The molecular weight excluding hydrogens is 402 g/mol.